The van der Waals surface area contributed by atoms with E-state index in [-0.39, 0.29) is 46.8 Å². The molecule has 11 nitrogen and oxygen atoms in total. The molecule has 1 N–H and O–H groups in total. The zero-order chi connectivity index (χ0) is 35.9. The number of likely N-dealkylation sites (tertiary alicyclic amines) is 1. The van der Waals surface area contributed by atoms with Gasteiger partial charge < -0.3 is 29.5 Å². The van der Waals surface area contributed by atoms with E-state index in [1.807, 2.05) is 73.9 Å². The smallest absolute Gasteiger partial charge is 0.410 e. The number of anilines is 1. The SMILES string of the molecule is C[C@@H](NC(=O)c1ccnc(N2CCN(C(=O)C3COC3)CC2)n1)c1ccc(C(=C2CC3(C2)CN(C(=O)OC(C)(C)C)C3)c2ccc(F)cc2)cc1. The van der Waals surface area contributed by atoms with E-state index in [0.717, 1.165) is 35.1 Å². The molecule has 3 saturated heterocycles. The minimum Gasteiger partial charge on any atom is -0.444 e. The van der Waals surface area contributed by atoms with Crippen molar-refractivity contribution < 1.29 is 28.2 Å². The molecule has 1 spiro atoms. The lowest BCUT2D eigenvalue weighted by Gasteiger charge is -2.57. The van der Waals surface area contributed by atoms with E-state index < -0.39 is 5.60 Å². The third kappa shape index (κ3) is 7.46. The van der Waals surface area contributed by atoms with Crippen LogP contribution in [0.2, 0.25) is 0 Å². The summed E-state index contributed by atoms with van der Waals surface area (Å²) in [5, 5.41) is 3.07. The second-order valence-electron chi connectivity index (χ2n) is 15.3. The number of aromatic nitrogens is 2. The molecule has 1 saturated carbocycles. The predicted molar refractivity (Wildman–Crippen MR) is 189 cm³/mol. The van der Waals surface area contributed by atoms with Crippen LogP contribution in [0.5, 0.6) is 0 Å². The van der Waals surface area contributed by atoms with E-state index in [4.69, 9.17) is 9.47 Å². The Morgan fingerprint density at radius 3 is 2.14 bits per heavy atom. The van der Waals surface area contributed by atoms with E-state index in [1.165, 1.54) is 17.7 Å². The van der Waals surface area contributed by atoms with Gasteiger partial charge in [-0.05, 0) is 81.0 Å². The number of rotatable bonds is 7. The molecule has 0 radical (unpaired) electrons. The standard InChI is InChI=1S/C39H45FN6O5/c1-25(42-34(47)32-13-14-41-36(43-32)45-17-15-44(16-18-45)35(48)30-21-50-22-30)26-5-7-27(8-6-26)33(28-9-11-31(40)12-10-28)29-19-39(20-29)23-46(24-39)37(49)51-38(2,3)4/h5-14,25,30H,15-24H2,1-4H3,(H,42,47)/t25-/m1/s1. The van der Waals surface area contributed by atoms with Crippen LogP contribution >= 0.6 is 0 Å². The first kappa shape index (κ1) is 34.6. The highest BCUT2D eigenvalue weighted by Crippen LogP contribution is 2.55. The van der Waals surface area contributed by atoms with Gasteiger partial charge in [-0.15, -0.1) is 0 Å². The van der Waals surface area contributed by atoms with Crippen LogP contribution in [0.1, 0.15) is 73.8 Å². The molecule has 51 heavy (non-hydrogen) atoms. The van der Waals surface area contributed by atoms with Crippen molar-refractivity contribution in [2.24, 2.45) is 11.3 Å². The lowest BCUT2D eigenvalue weighted by Crippen LogP contribution is -2.62. The largest absolute Gasteiger partial charge is 0.444 e. The summed E-state index contributed by atoms with van der Waals surface area (Å²) < 4.78 is 24.6. The number of nitrogens with one attached hydrogen (secondary N) is 1. The Balaban J connectivity index is 0.992. The second-order valence-corrected chi connectivity index (χ2v) is 15.3. The number of hydrogen-bond donors (Lipinski definition) is 1. The average molecular weight is 697 g/mol. The fourth-order valence-corrected chi connectivity index (χ4v) is 7.35. The Hall–Kier alpha value is -4.84. The molecule has 3 aliphatic heterocycles. The second kappa shape index (κ2) is 13.7. The number of nitrogens with zero attached hydrogens (tertiary/aromatic N) is 5. The molecule has 2 aromatic carbocycles. The summed E-state index contributed by atoms with van der Waals surface area (Å²) in [6.07, 6.45) is 3.04. The molecule has 4 aliphatic rings. The molecule has 1 aromatic heterocycles. The third-order valence-corrected chi connectivity index (χ3v) is 10.2. The minimum atomic E-state index is -0.530. The van der Waals surface area contributed by atoms with Crippen LogP contribution in [-0.4, -0.2) is 95.8 Å². The van der Waals surface area contributed by atoms with Crippen LogP contribution in [0.4, 0.5) is 15.1 Å². The molecule has 1 atom stereocenters. The van der Waals surface area contributed by atoms with Crippen LogP contribution < -0.4 is 10.2 Å². The van der Waals surface area contributed by atoms with E-state index >= 15 is 0 Å². The monoisotopic (exact) mass is 696 g/mol. The van der Waals surface area contributed by atoms with Crippen LogP contribution in [0.15, 0.2) is 66.4 Å². The van der Waals surface area contributed by atoms with Gasteiger partial charge >= 0.3 is 6.09 Å². The van der Waals surface area contributed by atoms with Crippen molar-refractivity contribution in [3.8, 4) is 0 Å². The number of hydrogen-bond acceptors (Lipinski definition) is 8. The van der Waals surface area contributed by atoms with E-state index in [2.05, 4.69) is 15.3 Å². The highest BCUT2D eigenvalue weighted by atomic mass is 19.1. The molecule has 3 aromatic rings. The molecule has 3 amide bonds. The Kier molecular flexibility index (Phi) is 9.30. The Morgan fingerprint density at radius 1 is 0.922 bits per heavy atom. The quantitative estimate of drug-likeness (QED) is 0.357. The van der Waals surface area contributed by atoms with Gasteiger partial charge in [0.1, 0.15) is 17.1 Å². The average Bonchev–Trinajstić information content (AvgIpc) is 3.04. The summed E-state index contributed by atoms with van der Waals surface area (Å²) in [6.45, 7) is 12.2. The summed E-state index contributed by atoms with van der Waals surface area (Å²) >= 11 is 0. The number of piperazine rings is 1. The Morgan fingerprint density at radius 2 is 1.55 bits per heavy atom. The first-order valence-electron chi connectivity index (χ1n) is 17.7. The van der Waals surface area contributed by atoms with Crippen LogP contribution in [0.25, 0.3) is 5.57 Å². The van der Waals surface area contributed by atoms with Gasteiger partial charge in [0, 0.05) is 50.9 Å². The van der Waals surface area contributed by atoms with Crippen molar-refractivity contribution in [1.82, 2.24) is 25.1 Å². The first-order valence-corrected chi connectivity index (χ1v) is 17.7. The van der Waals surface area contributed by atoms with E-state index in [0.29, 0.717) is 58.4 Å². The fourth-order valence-electron chi connectivity index (χ4n) is 7.35. The summed E-state index contributed by atoms with van der Waals surface area (Å²) in [4.78, 5) is 53.0. The van der Waals surface area contributed by atoms with Crippen molar-refractivity contribution in [1.29, 1.82) is 0 Å². The van der Waals surface area contributed by atoms with Gasteiger partial charge in [0.25, 0.3) is 5.91 Å². The molecule has 1 aliphatic carbocycles. The highest BCUT2D eigenvalue weighted by molar-refractivity contribution is 5.92. The molecule has 268 valence electrons. The van der Waals surface area contributed by atoms with Crippen molar-refractivity contribution in [2.75, 3.05) is 57.4 Å². The maximum atomic E-state index is 13.9. The van der Waals surface area contributed by atoms with Crippen molar-refractivity contribution in [2.45, 2.75) is 52.2 Å². The van der Waals surface area contributed by atoms with Crippen molar-refractivity contribution >= 4 is 29.4 Å². The lowest BCUT2D eigenvalue weighted by molar-refractivity contribution is -0.150. The van der Waals surface area contributed by atoms with E-state index in [9.17, 15) is 18.8 Å². The summed E-state index contributed by atoms with van der Waals surface area (Å²) in [6, 6.07) is 16.0. The molecule has 0 unspecified atom stereocenters. The minimum absolute atomic E-state index is 0.0328. The van der Waals surface area contributed by atoms with Gasteiger partial charge in [-0.1, -0.05) is 42.0 Å². The lowest BCUT2D eigenvalue weighted by atomic mass is 9.59. The first-order chi connectivity index (χ1) is 24.4. The number of halogens is 1. The molecular formula is C39H45FN6O5. The number of carbonyl (C=O) groups excluding carboxylic acids is 3. The van der Waals surface area contributed by atoms with Crippen molar-refractivity contribution in [3.05, 3.63) is 94.6 Å². The normalized spacial score (nSPS) is 19.1. The summed E-state index contributed by atoms with van der Waals surface area (Å²) in [7, 11) is 0. The number of ether oxygens (including phenoxy) is 2. The van der Waals surface area contributed by atoms with Crippen LogP contribution in [-0.2, 0) is 14.3 Å². The van der Waals surface area contributed by atoms with Crippen molar-refractivity contribution in [3.63, 3.8) is 0 Å². The van der Waals surface area contributed by atoms with Crippen LogP contribution in [0, 0.1) is 17.2 Å². The number of allylic oxidation sites excluding steroid dienone is 1. The maximum absolute atomic E-state index is 13.9. The topological polar surface area (TPSA) is 117 Å². The van der Waals surface area contributed by atoms with E-state index in [1.54, 1.807) is 17.2 Å². The number of benzene rings is 2. The van der Waals surface area contributed by atoms with Gasteiger partial charge in [0.2, 0.25) is 11.9 Å². The predicted octanol–water partition coefficient (Wildman–Crippen LogP) is 5.23. The zero-order valence-corrected chi connectivity index (χ0v) is 29.7. The summed E-state index contributed by atoms with van der Waals surface area (Å²) in [5.74, 6) is -0.0144. The third-order valence-electron chi connectivity index (χ3n) is 10.2. The van der Waals surface area contributed by atoms with Crippen LogP contribution in [0.3, 0.4) is 0 Å². The molecule has 7 rings (SSSR count). The van der Waals surface area contributed by atoms with Gasteiger partial charge in [0.05, 0.1) is 25.2 Å². The van der Waals surface area contributed by atoms with Gasteiger partial charge in [-0.3, -0.25) is 9.59 Å². The van der Waals surface area contributed by atoms with Gasteiger partial charge in [-0.2, -0.15) is 0 Å². The Bertz CT molecular complexity index is 1810. The molecular weight excluding hydrogens is 651 g/mol. The highest BCUT2D eigenvalue weighted by Gasteiger charge is 2.53. The Labute approximate surface area is 297 Å². The number of amides is 3. The molecule has 0 bridgehead atoms. The van der Waals surface area contributed by atoms with Gasteiger partial charge in [-0.25, -0.2) is 19.2 Å². The maximum Gasteiger partial charge on any atom is 0.410 e. The molecule has 4 fully saturated rings. The summed E-state index contributed by atoms with van der Waals surface area (Å²) in [5.41, 5.74) is 5.04. The zero-order valence-electron chi connectivity index (χ0n) is 29.7. The fraction of sp³-hybridized carbons (Fsp3) is 0.462. The molecule has 4 heterocycles. The molecule has 12 heteroatoms. The number of carbonyl (C=O) groups is 3. The van der Waals surface area contributed by atoms with Gasteiger partial charge in [0.15, 0.2) is 0 Å².